The van der Waals surface area contributed by atoms with E-state index in [0.29, 0.717) is 12.8 Å². The molecule has 2 unspecified atom stereocenters. The van der Waals surface area contributed by atoms with Crippen molar-refractivity contribution in [2.45, 2.75) is 56.8 Å². The Hall–Kier alpha value is -2.09. The number of carbonyl (C=O) groups is 2. The molecule has 0 radical (unpaired) electrons. The fourth-order valence-electron chi connectivity index (χ4n) is 4.23. The molecule has 2 heterocycles. The van der Waals surface area contributed by atoms with Crippen LogP contribution in [0.2, 0.25) is 0 Å². The molecule has 8 heteroatoms. The minimum Gasteiger partial charge on any atom is -0.373 e. The van der Waals surface area contributed by atoms with Gasteiger partial charge in [0.25, 0.3) is 5.91 Å². The van der Waals surface area contributed by atoms with Crippen LogP contribution in [0.5, 0.6) is 0 Å². The van der Waals surface area contributed by atoms with E-state index in [1.165, 1.54) is 12.1 Å². The zero-order valence-electron chi connectivity index (χ0n) is 14.2. The summed E-state index contributed by atoms with van der Waals surface area (Å²) >= 11 is 0. The molecule has 2 atom stereocenters. The van der Waals surface area contributed by atoms with Gasteiger partial charge in [-0.25, -0.2) is 0 Å². The second kappa shape index (κ2) is 7.26. The van der Waals surface area contributed by atoms with E-state index in [4.69, 9.17) is 5.90 Å². The monoisotopic (exact) mass is 370 g/mol. The highest BCUT2D eigenvalue weighted by Gasteiger charge is 2.41. The van der Waals surface area contributed by atoms with Crippen LogP contribution in [0.25, 0.3) is 0 Å². The lowest BCUT2D eigenvalue weighted by Gasteiger charge is -2.48. The van der Waals surface area contributed by atoms with Gasteiger partial charge in [-0.3, -0.25) is 9.59 Å². The molecule has 0 spiro atoms. The number of fused-ring (bicyclic) bond motifs is 2. The molecule has 2 aliphatic heterocycles. The van der Waals surface area contributed by atoms with Crippen LogP contribution in [0.3, 0.4) is 0 Å². The van der Waals surface area contributed by atoms with Gasteiger partial charge in [0, 0.05) is 17.6 Å². The van der Waals surface area contributed by atoms with E-state index in [0.717, 1.165) is 31.4 Å². The SMILES string of the molecule is NOC(=O)CC1CC2CCCC(C1)N2C(=O)c1ccc(C(F)(F)F)cc1. The number of rotatable bonds is 3. The van der Waals surface area contributed by atoms with E-state index < -0.39 is 17.7 Å². The number of hydrogen-bond donors (Lipinski definition) is 1. The van der Waals surface area contributed by atoms with Crippen molar-refractivity contribution in [3.05, 3.63) is 35.4 Å². The predicted molar refractivity (Wildman–Crippen MR) is 86.7 cm³/mol. The molecule has 1 aromatic rings. The smallest absolute Gasteiger partial charge is 0.373 e. The van der Waals surface area contributed by atoms with Gasteiger partial charge in [0.15, 0.2) is 0 Å². The first-order chi connectivity index (χ1) is 12.3. The van der Waals surface area contributed by atoms with Crippen LogP contribution in [-0.4, -0.2) is 28.9 Å². The van der Waals surface area contributed by atoms with Gasteiger partial charge in [0.2, 0.25) is 0 Å². The summed E-state index contributed by atoms with van der Waals surface area (Å²) in [5, 5.41) is 0. The van der Waals surface area contributed by atoms with Crippen molar-refractivity contribution in [1.29, 1.82) is 0 Å². The average Bonchev–Trinajstić information content (AvgIpc) is 2.59. The molecule has 1 aromatic carbocycles. The van der Waals surface area contributed by atoms with Crippen molar-refractivity contribution in [3.63, 3.8) is 0 Å². The molecule has 2 saturated heterocycles. The molecule has 0 aromatic heterocycles. The van der Waals surface area contributed by atoms with Gasteiger partial charge in [0.1, 0.15) is 0 Å². The van der Waals surface area contributed by atoms with Crippen molar-refractivity contribution in [3.8, 4) is 0 Å². The fraction of sp³-hybridized carbons (Fsp3) is 0.556. The number of alkyl halides is 3. The van der Waals surface area contributed by atoms with Gasteiger partial charge in [-0.2, -0.15) is 19.1 Å². The Morgan fingerprint density at radius 1 is 1.12 bits per heavy atom. The molecule has 3 rings (SSSR count). The lowest BCUT2D eigenvalue weighted by atomic mass is 9.77. The number of hydrogen-bond acceptors (Lipinski definition) is 4. The number of halogens is 3. The number of nitrogens with zero attached hydrogens (tertiary/aromatic N) is 1. The zero-order valence-corrected chi connectivity index (χ0v) is 14.2. The Bertz CT molecular complexity index is 661. The van der Waals surface area contributed by atoms with Gasteiger partial charge >= 0.3 is 12.1 Å². The van der Waals surface area contributed by atoms with Crippen LogP contribution in [0.1, 0.15) is 54.4 Å². The first-order valence-corrected chi connectivity index (χ1v) is 8.69. The van der Waals surface area contributed by atoms with Gasteiger partial charge in [-0.15, -0.1) is 0 Å². The number of amides is 1. The van der Waals surface area contributed by atoms with Crippen LogP contribution in [0.4, 0.5) is 13.2 Å². The van der Waals surface area contributed by atoms with E-state index in [9.17, 15) is 22.8 Å². The molecule has 26 heavy (non-hydrogen) atoms. The van der Waals surface area contributed by atoms with Gasteiger partial charge in [0.05, 0.1) is 12.0 Å². The lowest BCUT2D eigenvalue weighted by molar-refractivity contribution is -0.146. The maximum Gasteiger partial charge on any atom is 0.416 e. The lowest BCUT2D eigenvalue weighted by Crippen LogP contribution is -2.54. The number of nitrogens with two attached hydrogens (primary N) is 1. The van der Waals surface area contributed by atoms with Crippen LogP contribution < -0.4 is 5.90 Å². The first-order valence-electron chi connectivity index (χ1n) is 8.69. The van der Waals surface area contributed by atoms with Crippen LogP contribution in [-0.2, 0) is 15.8 Å². The van der Waals surface area contributed by atoms with Crippen LogP contribution in [0, 0.1) is 5.92 Å². The molecule has 2 aliphatic rings. The normalized spacial score (nSPS) is 25.7. The topological polar surface area (TPSA) is 72.6 Å². The van der Waals surface area contributed by atoms with E-state index in [-0.39, 0.29) is 35.9 Å². The second-order valence-electron chi connectivity index (χ2n) is 7.06. The minimum atomic E-state index is -4.42. The second-order valence-corrected chi connectivity index (χ2v) is 7.06. The van der Waals surface area contributed by atoms with E-state index in [1.54, 1.807) is 4.90 Å². The van der Waals surface area contributed by atoms with Crippen molar-refractivity contribution in [2.75, 3.05) is 0 Å². The summed E-state index contributed by atoms with van der Waals surface area (Å²) in [6, 6.07) is 4.33. The number of piperidine rings is 2. The summed E-state index contributed by atoms with van der Waals surface area (Å²) in [5.41, 5.74) is -0.511. The fourth-order valence-corrected chi connectivity index (χ4v) is 4.23. The van der Waals surface area contributed by atoms with Crippen molar-refractivity contribution >= 4 is 11.9 Å². The maximum absolute atomic E-state index is 12.9. The third-order valence-corrected chi connectivity index (χ3v) is 5.35. The van der Waals surface area contributed by atoms with Crippen molar-refractivity contribution in [2.24, 2.45) is 11.8 Å². The standard InChI is InChI=1S/C18H21F3N2O3/c19-18(20,21)13-6-4-12(5-7-13)17(25)23-14-2-1-3-15(23)9-11(8-14)10-16(24)26-22/h4-7,11,14-15H,1-3,8-10,22H2. The molecule has 5 nitrogen and oxygen atoms in total. The summed E-state index contributed by atoms with van der Waals surface area (Å²) in [7, 11) is 0. The highest BCUT2D eigenvalue weighted by atomic mass is 19.4. The van der Waals surface area contributed by atoms with Crippen LogP contribution >= 0.6 is 0 Å². The minimum absolute atomic E-state index is 0.00660. The molecular formula is C18H21F3N2O3. The zero-order chi connectivity index (χ0) is 18.9. The molecule has 1 amide bonds. The van der Waals surface area contributed by atoms with Gasteiger partial charge in [-0.05, 0) is 62.3 Å². The Kier molecular flexibility index (Phi) is 5.22. The van der Waals surface area contributed by atoms with Gasteiger partial charge < -0.3 is 9.74 Å². The number of carbonyl (C=O) groups excluding carboxylic acids is 2. The molecule has 142 valence electrons. The summed E-state index contributed by atoms with van der Waals surface area (Å²) < 4.78 is 38.1. The third-order valence-electron chi connectivity index (χ3n) is 5.35. The summed E-state index contributed by atoms with van der Waals surface area (Å²) in [5.74, 6) is 4.31. The third kappa shape index (κ3) is 3.85. The first kappa shape index (κ1) is 18.7. The highest BCUT2D eigenvalue weighted by molar-refractivity contribution is 5.94. The Morgan fingerprint density at radius 2 is 1.69 bits per heavy atom. The largest absolute Gasteiger partial charge is 0.416 e. The van der Waals surface area contributed by atoms with Crippen LogP contribution in [0.15, 0.2) is 24.3 Å². The van der Waals surface area contributed by atoms with Crippen molar-refractivity contribution in [1.82, 2.24) is 4.90 Å². The summed E-state index contributed by atoms with van der Waals surface area (Å²) in [6.07, 6.45) is -0.177. The van der Waals surface area contributed by atoms with E-state index in [1.807, 2.05) is 0 Å². The molecule has 0 saturated carbocycles. The van der Waals surface area contributed by atoms with E-state index in [2.05, 4.69) is 4.84 Å². The quantitative estimate of drug-likeness (QED) is 0.829. The predicted octanol–water partition coefficient (Wildman–Crippen LogP) is 3.29. The molecular weight excluding hydrogens is 349 g/mol. The van der Waals surface area contributed by atoms with E-state index >= 15 is 0 Å². The molecule has 2 bridgehead atoms. The molecule has 2 fully saturated rings. The van der Waals surface area contributed by atoms with Gasteiger partial charge in [-0.1, -0.05) is 0 Å². The Balaban J connectivity index is 1.74. The summed E-state index contributed by atoms with van der Waals surface area (Å²) in [6.45, 7) is 0. The Labute approximate surface area is 149 Å². The molecule has 0 aliphatic carbocycles. The Morgan fingerprint density at radius 3 is 2.19 bits per heavy atom. The molecule has 2 N–H and O–H groups in total. The van der Waals surface area contributed by atoms with Crippen molar-refractivity contribution < 1.29 is 27.6 Å². The highest BCUT2D eigenvalue weighted by Crippen LogP contribution is 2.39. The average molecular weight is 370 g/mol. The summed E-state index contributed by atoms with van der Waals surface area (Å²) in [4.78, 5) is 30.4. The maximum atomic E-state index is 12.9. The number of benzene rings is 1.